The van der Waals surface area contributed by atoms with E-state index >= 15 is 0 Å². The minimum Gasteiger partial charge on any atom is -0.457 e. The van der Waals surface area contributed by atoms with Crippen LogP contribution in [0.25, 0.3) is 0 Å². The van der Waals surface area contributed by atoms with Gasteiger partial charge in [0.15, 0.2) is 12.6 Å². The smallest absolute Gasteiger partial charge is 0.306 e. The third kappa shape index (κ3) is 39.0. The van der Waals surface area contributed by atoms with E-state index in [2.05, 4.69) is 166 Å². The van der Waals surface area contributed by atoms with Gasteiger partial charge in [0.2, 0.25) is 0 Å². The first-order valence-electron chi connectivity index (χ1n) is 31.1. The predicted octanol–water partition coefficient (Wildman–Crippen LogP) is 12.2. The summed E-state index contributed by atoms with van der Waals surface area (Å²) in [5, 5.41) is 72.5. The molecule has 468 valence electrons. The summed E-state index contributed by atoms with van der Waals surface area (Å²) in [4.78, 5) is 13.1. The third-order valence-electron chi connectivity index (χ3n) is 13.5. The standard InChI is InChI=1S/C69H108O14/c1-3-5-7-9-11-13-15-17-19-21-23-25-27-28-29-31-33-35-37-39-41-43-45-47-49-51-53-78-55-58(56-79-68-67(77)65(75)63(73)60(83-68)57-80-69-66(76)64(74)62(72)59(54-70)82-69)81-61(71)52-50-48-46-44-42-40-38-36-34-32-30-26-24-22-20-18-16-14-12-10-8-6-4-2/h5-8,11-14,17-20,23-26,28-29,32-35,38,40,44,46,58-60,62-70,72-77H,3-4,9-10,15-16,21-22,27,30-31,36-37,39,41-43,45,47-57H2,1-2H3/b7-5-,8-6-,13-11-,14-12-,19-17-,20-18-,25-23-,26-24-,29-28-,34-32-,35-33-,40-38-,46-44-. The maximum Gasteiger partial charge on any atom is 0.306 e. The highest BCUT2D eigenvalue weighted by Crippen LogP contribution is 2.26. The molecule has 0 aliphatic carbocycles. The van der Waals surface area contributed by atoms with Crippen LogP contribution in [0.5, 0.6) is 0 Å². The monoisotopic (exact) mass is 1160 g/mol. The lowest BCUT2D eigenvalue weighted by molar-refractivity contribution is -0.332. The second-order valence-electron chi connectivity index (χ2n) is 20.8. The summed E-state index contributed by atoms with van der Waals surface area (Å²) in [5.41, 5.74) is 0. The first-order chi connectivity index (χ1) is 40.6. The molecule has 0 bridgehead atoms. The van der Waals surface area contributed by atoms with Crippen molar-refractivity contribution in [2.75, 3.05) is 33.0 Å². The predicted molar refractivity (Wildman–Crippen MR) is 334 cm³/mol. The Bertz CT molecular complexity index is 1980. The molecule has 11 unspecified atom stereocenters. The SMILES string of the molecule is CC/C=C\C/C=C\C/C=C\C/C=C\C/C=C\C/C=C\C/C=C\CCCC(=O)OC(COCCCCCCCCC/C=C\C/C=C\C/C=C\C/C=C\C/C=C\C/C=C\CC)COC1OC(COC2OC(CO)C(O)C(O)C2O)C(O)C(O)C1O. The molecule has 0 aromatic heterocycles. The molecule has 11 atom stereocenters. The largest absolute Gasteiger partial charge is 0.457 e. The molecule has 0 amide bonds. The van der Waals surface area contributed by atoms with Crippen molar-refractivity contribution in [3.63, 3.8) is 0 Å². The van der Waals surface area contributed by atoms with Gasteiger partial charge in [-0.25, -0.2) is 0 Å². The lowest BCUT2D eigenvalue weighted by atomic mass is 9.98. The van der Waals surface area contributed by atoms with Crippen molar-refractivity contribution in [1.29, 1.82) is 0 Å². The van der Waals surface area contributed by atoms with Crippen LogP contribution in [0, 0.1) is 0 Å². The van der Waals surface area contributed by atoms with Crippen LogP contribution in [0.3, 0.4) is 0 Å². The fourth-order valence-electron chi connectivity index (χ4n) is 8.63. The van der Waals surface area contributed by atoms with Gasteiger partial charge in [-0.1, -0.05) is 204 Å². The van der Waals surface area contributed by atoms with E-state index in [0.29, 0.717) is 19.4 Å². The van der Waals surface area contributed by atoms with Gasteiger partial charge >= 0.3 is 5.97 Å². The van der Waals surface area contributed by atoms with Gasteiger partial charge in [0, 0.05) is 13.0 Å². The minimum absolute atomic E-state index is 0.0177. The van der Waals surface area contributed by atoms with E-state index in [9.17, 15) is 40.5 Å². The van der Waals surface area contributed by atoms with Crippen LogP contribution in [0.15, 0.2) is 158 Å². The maximum absolute atomic E-state index is 13.1. The molecule has 2 heterocycles. The highest BCUT2D eigenvalue weighted by Gasteiger charge is 2.47. The van der Waals surface area contributed by atoms with E-state index in [1.54, 1.807) is 0 Å². The molecule has 0 aromatic rings. The van der Waals surface area contributed by atoms with Crippen LogP contribution in [-0.4, -0.2) is 142 Å². The molecule has 14 nitrogen and oxygen atoms in total. The minimum atomic E-state index is -1.73. The van der Waals surface area contributed by atoms with Gasteiger partial charge in [0.1, 0.15) is 54.9 Å². The topological polar surface area (TPSA) is 214 Å². The van der Waals surface area contributed by atoms with Gasteiger partial charge in [-0.15, -0.1) is 0 Å². The van der Waals surface area contributed by atoms with E-state index in [4.69, 9.17) is 28.4 Å². The Balaban J connectivity index is 1.74. The van der Waals surface area contributed by atoms with Crippen LogP contribution in [0.2, 0.25) is 0 Å². The van der Waals surface area contributed by atoms with Crippen molar-refractivity contribution in [3.05, 3.63) is 158 Å². The normalized spacial score (nSPS) is 24.5. The first kappa shape index (κ1) is 74.7. The van der Waals surface area contributed by atoms with Crippen LogP contribution in [0.4, 0.5) is 0 Å². The van der Waals surface area contributed by atoms with E-state index in [-0.39, 0.29) is 19.6 Å². The van der Waals surface area contributed by atoms with Crippen molar-refractivity contribution < 1.29 is 69.0 Å². The Morgan fingerprint density at radius 3 is 1.17 bits per heavy atom. The van der Waals surface area contributed by atoms with Gasteiger partial charge in [-0.2, -0.15) is 0 Å². The average Bonchev–Trinajstić information content (AvgIpc) is 3.49. The molecule has 0 radical (unpaired) electrons. The van der Waals surface area contributed by atoms with E-state index in [0.717, 1.165) is 116 Å². The van der Waals surface area contributed by atoms with E-state index in [1.165, 1.54) is 19.3 Å². The number of aliphatic hydroxyl groups excluding tert-OH is 7. The molecule has 0 saturated carbocycles. The number of esters is 1. The lowest BCUT2D eigenvalue weighted by Gasteiger charge is -2.42. The quantitative estimate of drug-likeness (QED) is 0.0172. The van der Waals surface area contributed by atoms with E-state index < -0.39 is 86.7 Å². The van der Waals surface area contributed by atoms with E-state index in [1.807, 2.05) is 6.08 Å². The number of hydrogen-bond donors (Lipinski definition) is 7. The molecule has 14 heteroatoms. The Kier molecular flexibility index (Phi) is 47.8. The highest BCUT2D eigenvalue weighted by molar-refractivity contribution is 5.69. The molecular weight excluding hydrogens is 1050 g/mol. The summed E-state index contributed by atoms with van der Waals surface area (Å²) in [5.74, 6) is -0.445. The number of hydrogen-bond acceptors (Lipinski definition) is 14. The Morgan fingerprint density at radius 2 is 0.747 bits per heavy atom. The number of ether oxygens (including phenoxy) is 6. The van der Waals surface area contributed by atoms with Crippen LogP contribution >= 0.6 is 0 Å². The Labute approximate surface area is 499 Å². The fourth-order valence-corrected chi connectivity index (χ4v) is 8.63. The highest BCUT2D eigenvalue weighted by atomic mass is 16.7. The van der Waals surface area contributed by atoms with Gasteiger partial charge in [-0.3, -0.25) is 4.79 Å². The molecular formula is C69H108O14. The van der Waals surface area contributed by atoms with Gasteiger partial charge in [0.05, 0.1) is 26.4 Å². The zero-order valence-corrected chi connectivity index (χ0v) is 50.4. The van der Waals surface area contributed by atoms with Gasteiger partial charge in [-0.05, 0) is 116 Å². The number of carbonyl (C=O) groups is 1. The van der Waals surface area contributed by atoms with Crippen LogP contribution in [0.1, 0.15) is 168 Å². The maximum atomic E-state index is 13.1. The zero-order valence-electron chi connectivity index (χ0n) is 50.4. The third-order valence-corrected chi connectivity index (χ3v) is 13.5. The summed E-state index contributed by atoms with van der Waals surface area (Å²) < 4.78 is 34.4. The van der Waals surface area contributed by atoms with Crippen molar-refractivity contribution >= 4 is 5.97 Å². The molecule has 2 aliphatic rings. The molecule has 2 fully saturated rings. The summed E-state index contributed by atoms with van der Waals surface area (Å²) in [6.07, 6.45) is 63.0. The fraction of sp³-hybridized carbons (Fsp3) is 0.609. The number of allylic oxidation sites excluding steroid dienone is 26. The second-order valence-corrected chi connectivity index (χ2v) is 20.8. The molecule has 2 saturated heterocycles. The summed E-state index contributed by atoms with van der Waals surface area (Å²) in [6.45, 7) is 3.32. The number of carbonyl (C=O) groups excluding carboxylic acids is 1. The summed E-state index contributed by atoms with van der Waals surface area (Å²) in [6, 6.07) is 0. The number of rotatable bonds is 48. The van der Waals surface area contributed by atoms with Crippen molar-refractivity contribution in [3.8, 4) is 0 Å². The first-order valence-corrected chi connectivity index (χ1v) is 31.1. The lowest BCUT2D eigenvalue weighted by Crippen LogP contribution is -2.61. The molecule has 83 heavy (non-hydrogen) atoms. The van der Waals surface area contributed by atoms with Gasteiger partial charge in [0.25, 0.3) is 0 Å². The Hall–Kier alpha value is -4.39. The van der Waals surface area contributed by atoms with Crippen LogP contribution in [-0.2, 0) is 33.2 Å². The number of unbranched alkanes of at least 4 members (excludes halogenated alkanes) is 8. The number of aliphatic hydroxyl groups is 7. The van der Waals surface area contributed by atoms with Crippen molar-refractivity contribution in [2.24, 2.45) is 0 Å². The zero-order chi connectivity index (χ0) is 60.1. The van der Waals surface area contributed by atoms with Crippen LogP contribution < -0.4 is 0 Å². The summed E-state index contributed by atoms with van der Waals surface area (Å²) >= 11 is 0. The van der Waals surface area contributed by atoms with Crippen molar-refractivity contribution in [2.45, 2.75) is 235 Å². The molecule has 2 aliphatic heterocycles. The second kappa shape index (κ2) is 53.1. The molecule has 2 rings (SSSR count). The molecule has 0 spiro atoms. The van der Waals surface area contributed by atoms with Gasteiger partial charge < -0.3 is 64.2 Å². The average molecular weight is 1160 g/mol. The molecule has 0 aromatic carbocycles. The van der Waals surface area contributed by atoms with Crippen molar-refractivity contribution in [1.82, 2.24) is 0 Å². The molecule has 7 N–H and O–H groups in total. The summed E-state index contributed by atoms with van der Waals surface area (Å²) in [7, 11) is 0. The Morgan fingerprint density at radius 1 is 0.398 bits per heavy atom.